The zero-order valence-electron chi connectivity index (χ0n) is 16.3. The number of hydrogen-bond donors (Lipinski definition) is 0. The van der Waals surface area contributed by atoms with Crippen LogP contribution in [0, 0.1) is 5.82 Å². The molecule has 0 fully saturated rings. The summed E-state index contributed by atoms with van der Waals surface area (Å²) >= 11 is 5.88. The van der Waals surface area contributed by atoms with Crippen LogP contribution >= 0.6 is 11.6 Å². The number of carbonyl (C=O) groups excluding carboxylic acids is 1. The highest BCUT2D eigenvalue weighted by Gasteiger charge is 2.20. The molecule has 0 saturated carbocycles. The lowest BCUT2D eigenvalue weighted by Crippen LogP contribution is -2.32. The minimum Gasteiger partial charge on any atom is -0.331 e. The summed E-state index contributed by atoms with van der Waals surface area (Å²) in [5.74, 6) is 0.175. The second kappa shape index (κ2) is 9.20. The minimum atomic E-state index is -0.525. The number of imidazole rings is 1. The largest absolute Gasteiger partial charge is 0.331 e. The van der Waals surface area contributed by atoms with Gasteiger partial charge in [0.1, 0.15) is 11.6 Å². The van der Waals surface area contributed by atoms with Crippen LogP contribution in [0.3, 0.4) is 0 Å². The monoisotopic (exact) mass is 401 g/mol. The number of para-hydroxylation sites is 2. The maximum absolute atomic E-state index is 13.5. The molecule has 1 heterocycles. The van der Waals surface area contributed by atoms with Crippen LogP contribution in [0.2, 0.25) is 5.02 Å². The van der Waals surface area contributed by atoms with Crippen LogP contribution in [0.5, 0.6) is 0 Å². The van der Waals surface area contributed by atoms with E-state index in [0.717, 1.165) is 42.7 Å². The van der Waals surface area contributed by atoms with Crippen molar-refractivity contribution in [3.8, 4) is 0 Å². The summed E-state index contributed by atoms with van der Waals surface area (Å²) in [6, 6.07) is 12.1. The maximum atomic E-state index is 13.5. The lowest BCUT2D eigenvalue weighted by atomic mass is 10.2. The van der Waals surface area contributed by atoms with Crippen molar-refractivity contribution in [3.63, 3.8) is 0 Å². The molecule has 3 rings (SSSR count). The summed E-state index contributed by atoms with van der Waals surface area (Å²) in [6.07, 6.45) is 2.83. The number of nitrogens with zero attached hydrogens (tertiary/aromatic N) is 3. The van der Waals surface area contributed by atoms with Crippen molar-refractivity contribution in [3.05, 3.63) is 64.7 Å². The molecule has 0 spiro atoms. The Morgan fingerprint density at radius 2 is 1.96 bits per heavy atom. The van der Waals surface area contributed by atoms with Crippen LogP contribution in [0.1, 0.15) is 49.3 Å². The van der Waals surface area contributed by atoms with Gasteiger partial charge in [0.25, 0.3) is 5.91 Å². The van der Waals surface area contributed by atoms with Crippen LogP contribution < -0.4 is 0 Å². The van der Waals surface area contributed by atoms with Crippen molar-refractivity contribution >= 4 is 28.5 Å². The molecule has 3 aromatic rings. The second-order valence-electron chi connectivity index (χ2n) is 6.88. The topological polar surface area (TPSA) is 38.1 Å². The number of fused-ring (bicyclic) bond motifs is 1. The zero-order valence-corrected chi connectivity index (χ0v) is 17.0. The fraction of sp³-hybridized carbons (Fsp3) is 0.364. The SMILES string of the molecule is CCCCN(Cc1nc2ccccc2n1CCC)C(=O)c1ccc(F)c(Cl)c1. The molecule has 2 aromatic carbocycles. The van der Waals surface area contributed by atoms with E-state index in [1.807, 2.05) is 18.2 Å². The number of aryl methyl sites for hydroxylation is 1. The van der Waals surface area contributed by atoms with E-state index in [1.165, 1.54) is 18.2 Å². The van der Waals surface area contributed by atoms with Gasteiger partial charge >= 0.3 is 0 Å². The van der Waals surface area contributed by atoms with Crippen LogP contribution in [0.25, 0.3) is 11.0 Å². The number of amides is 1. The molecule has 1 amide bonds. The zero-order chi connectivity index (χ0) is 20.1. The van der Waals surface area contributed by atoms with E-state index in [9.17, 15) is 9.18 Å². The molecule has 0 radical (unpaired) electrons. The Hall–Kier alpha value is -2.40. The molecular weight excluding hydrogens is 377 g/mol. The number of hydrogen-bond acceptors (Lipinski definition) is 2. The lowest BCUT2D eigenvalue weighted by molar-refractivity contribution is 0.0734. The smallest absolute Gasteiger partial charge is 0.254 e. The Bertz CT molecular complexity index is 970. The lowest BCUT2D eigenvalue weighted by Gasteiger charge is -2.23. The standard InChI is InChI=1S/C22H25ClFN3O/c1-3-5-13-26(22(28)16-10-11-18(24)17(23)14-16)15-21-25-19-8-6-7-9-20(19)27(21)12-4-2/h6-11,14H,3-5,12-13,15H2,1-2H3. The molecule has 0 aliphatic heterocycles. The van der Waals surface area contributed by atoms with Gasteiger partial charge in [-0.05, 0) is 43.2 Å². The molecule has 0 aliphatic carbocycles. The van der Waals surface area contributed by atoms with Gasteiger partial charge in [-0.25, -0.2) is 9.37 Å². The quantitative estimate of drug-likeness (QED) is 0.487. The average molecular weight is 402 g/mol. The van der Waals surface area contributed by atoms with E-state index in [4.69, 9.17) is 16.6 Å². The molecule has 0 aliphatic rings. The van der Waals surface area contributed by atoms with E-state index in [0.29, 0.717) is 18.7 Å². The van der Waals surface area contributed by atoms with Gasteiger partial charge in [0.2, 0.25) is 0 Å². The Kier molecular flexibility index (Phi) is 6.68. The van der Waals surface area contributed by atoms with Crippen molar-refractivity contribution in [1.82, 2.24) is 14.5 Å². The van der Waals surface area contributed by atoms with Crippen molar-refractivity contribution < 1.29 is 9.18 Å². The molecule has 4 nitrogen and oxygen atoms in total. The second-order valence-corrected chi connectivity index (χ2v) is 7.28. The van der Waals surface area contributed by atoms with E-state index in [1.54, 1.807) is 4.90 Å². The maximum Gasteiger partial charge on any atom is 0.254 e. The van der Waals surface area contributed by atoms with Crippen LogP contribution in [0.15, 0.2) is 42.5 Å². The number of aromatic nitrogens is 2. The normalized spacial score (nSPS) is 11.1. The molecular formula is C22H25ClFN3O. The highest BCUT2D eigenvalue weighted by atomic mass is 35.5. The molecule has 28 heavy (non-hydrogen) atoms. The van der Waals surface area contributed by atoms with E-state index in [-0.39, 0.29) is 10.9 Å². The number of unbranched alkanes of at least 4 members (excludes halogenated alkanes) is 1. The summed E-state index contributed by atoms with van der Waals surface area (Å²) < 4.78 is 15.7. The number of carbonyl (C=O) groups is 1. The van der Waals surface area contributed by atoms with Gasteiger partial charge in [-0.3, -0.25) is 4.79 Å². The third-order valence-electron chi connectivity index (χ3n) is 4.75. The van der Waals surface area contributed by atoms with Gasteiger partial charge in [-0.1, -0.05) is 44.0 Å². The molecule has 0 bridgehead atoms. The molecule has 1 aromatic heterocycles. The fourth-order valence-corrected chi connectivity index (χ4v) is 3.48. The first kappa shape index (κ1) is 20.3. The number of halogens is 2. The van der Waals surface area contributed by atoms with Gasteiger partial charge in [0, 0.05) is 18.7 Å². The van der Waals surface area contributed by atoms with Crippen molar-refractivity contribution in [2.75, 3.05) is 6.54 Å². The molecule has 6 heteroatoms. The average Bonchev–Trinajstić information content (AvgIpc) is 3.04. The summed E-state index contributed by atoms with van der Waals surface area (Å²) in [4.78, 5) is 19.7. The summed E-state index contributed by atoms with van der Waals surface area (Å²) in [5.41, 5.74) is 2.39. The summed E-state index contributed by atoms with van der Waals surface area (Å²) in [7, 11) is 0. The van der Waals surface area contributed by atoms with Gasteiger partial charge in [-0.15, -0.1) is 0 Å². The highest BCUT2D eigenvalue weighted by Crippen LogP contribution is 2.21. The van der Waals surface area contributed by atoms with Gasteiger partial charge in [0.05, 0.1) is 22.6 Å². The Balaban J connectivity index is 1.94. The van der Waals surface area contributed by atoms with E-state index >= 15 is 0 Å². The molecule has 0 saturated heterocycles. The third-order valence-corrected chi connectivity index (χ3v) is 5.04. The van der Waals surface area contributed by atoms with Crippen LogP contribution in [-0.4, -0.2) is 26.9 Å². The van der Waals surface area contributed by atoms with Crippen molar-refractivity contribution in [2.45, 2.75) is 46.2 Å². The number of rotatable bonds is 8. The molecule has 0 unspecified atom stereocenters. The molecule has 148 valence electrons. The fourth-order valence-electron chi connectivity index (χ4n) is 3.30. The van der Waals surface area contributed by atoms with E-state index in [2.05, 4.69) is 24.5 Å². The summed E-state index contributed by atoms with van der Waals surface area (Å²) in [6.45, 7) is 6.07. The van der Waals surface area contributed by atoms with Crippen molar-refractivity contribution in [2.24, 2.45) is 0 Å². The predicted octanol–water partition coefficient (Wildman–Crippen LogP) is 5.68. The Labute approximate surface area is 169 Å². The first-order valence-corrected chi connectivity index (χ1v) is 10.1. The highest BCUT2D eigenvalue weighted by molar-refractivity contribution is 6.31. The molecule has 0 N–H and O–H groups in total. The third kappa shape index (κ3) is 4.36. The van der Waals surface area contributed by atoms with Gasteiger partial charge in [0.15, 0.2) is 0 Å². The first-order chi connectivity index (χ1) is 13.5. The van der Waals surface area contributed by atoms with Crippen LogP contribution in [-0.2, 0) is 13.1 Å². The minimum absolute atomic E-state index is 0.0421. The summed E-state index contributed by atoms with van der Waals surface area (Å²) in [5, 5.41) is -0.0421. The van der Waals surface area contributed by atoms with Gasteiger partial charge < -0.3 is 9.47 Å². The van der Waals surface area contributed by atoms with E-state index < -0.39 is 5.82 Å². The first-order valence-electron chi connectivity index (χ1n) is 9.73. The Morgan fingerprint density at radius 1 is 1.18 bits per heavy atom. The molecule has 0 atom stereocenters. The predicted molar refractivity (Wildman–Crippen MR) is 111 cm³/mol. The number of benzene rings is 2. The Morgan fingerprint density at radius 3 is 2.68 bits per heavy atom. The van der Waals surface area contributed by atoms with Gasteiger partial charge in [-0.2, -0.15) is 0 Å². The van der Waals surface area contributed by atoms with Crippen LogP contribution in [0.4, 0.5) is 4.39 Å². The van der Waals surface area contributed by atoms with Crippen molar-refractivity contribution in [1.29, 1.82) is 0 Å².